The Kier molecular flexibility index (Phi) is 4.11. The van der Waals surface area contributed by atoms with E-state index >= 15 is 0 Å². The molecule has 110 valence electrons. The van der Waals surface area contributed by atoms with Crippen molar-refractivity contribution in [2.24, 2.45) is 7.05 Å². The minimum absolute atomic E-state index is 0.00292. The number of carbonyl (C=O) groups excluding carboxylic acids is 2. The van der Waals surface area contributed by atoms with Crippen LogP contribution >= 0.6 is 0 Å². The predicted molar refractivity (Wildman–Crippen MR) is 75.0 cm³/mol. The van der Waals surface area contributed by atoms with Crippen LogP contribution in [0.5, 0.6) is 0 Å². The molecule has 1 aromatic heterocycles. The Bertz CT molecular complexity index is 519. The molecule has 1 aromatic rings. The summed E-state index contributed by atoms with van der Waals surface area (Å²) in [5, 5.41) is 4.43. The van der Waals surface area contributed by atoms with Crippen LogP contribution in [0.1, 0.15) is 37.9 Å². The van der Waals surface area contributed by atoms with Crippen molar-refractivity contribution < 1.29 is 9.59 Å². The summed E-state index contributed by atoms with van der Waals surface area (Å²) in [6, 6.07) is 0. The van der Waals surface area contributed by atoms with Gasteiger partial charge in [-0.2, -0.15) is 5.10 Å². The van der Waals surface area contributed by atoms with Crippen molar-refractivity contribution in [2.45, 2.75) is 33.2 Å². The smallest absolute Gasteiger partial charge is 0.233 e. The highest BCUT2D eigenvalue weighted by Gasteiger charge is 2.35. The summed E-state index contributed by atoms with van der Waals surface area (Å²) in [6.45, 7) is 7.79. The molecule has 0 fully saturated rings. The van der Waals surface area contributed by atoms with Gasteiger partial charge in [0.25, 0.3) is 0 Å². The van der Waals surface area contributed by atoms with Gasteiger partial charge in [-0.15, -0.1) is 0 Å². The predicted octanol–water partition coefficient (Wildman–Crippen LogP) is 0.734. The highest BCUT2D eigenvalue weighted by Crippen LogP contribution is 2.28. The second-order valence-corrected chi connectivity index (χ2v) is 5.18. The van der Waals surface area contributed by atoms with Gasteiger partial charge in [0.15, 0.2) is 0 Å². The van der Waals surface area contributed by atoms with Crippen molar-refractivity contribution in [3.63, 3.8) is 0 Å². The van der Waals surface area contributed by atoms with E-state index in [9.17, 15) is 9.59 Å². The molecule has 1 aliphatic rings. The number of amides is 2. The molecule has 0 aliphatic carbocycles. The van der Waals surface area contributed by atoms with E-state index in [-0.39, 0.29) is 17.7 Å². The van der Waals surface area contributed by atoms with E-state index in [4.69, 9.17) is 0 Å². The topological polar surface area (TPSA) is 58.4 Å². The first-order chi connectivity index (χ1) is 9.47. The Morgan fingerprint density at radius 1 is 1.40 bits per heavy atom. The second kappa shape index (κ2) is 5.64. The van der Waals surface area contributed by atoms with E-state index in [0.717, 1.165) is 11.3 Å². The summed E-state index contributed by atoms with van der Waals surface area (Å²) in [7, 11) is 1.84. The minimum Gasteiger partial charge on any atom is -0.343 e. The zero-order chi connectivity index (χ0) is 14.9. The number of likely N-dealkylation sites (N-methyl/N-ethyl adjacent to an activating group) is 1. The molecule has 1 unspecified atom stereocenters. The maximum absolute atomic E-state index is 12.6. The molecule has 6 heteroatoms. The van der Waals surface area contributed by atoms with Crippen LogP contribution in [-0.4, -0.2) is 51.0 Å². The third-order valence-electron chi connectivity index (χ3n) is 3.85. The second-order valence-electron chi connectivity index (χ2n) is 5.18. The standard InChI is InChI=1S/C14H22N4O2/c1-5-17(6-2)14(20)12-9-18(10(3)19)8-11-7-16(4)15-13(11)12/h7,12H,5-6,8-9H2,1-4H3. The largest absolute Gasteiger partial charge is 0.343 e. The van der Waals surface area contributed by atoms with Crippen LogP contribution in [0.2, 0.25) is 0 Å². The molecule has 2 heterocycles. The number of aryl methyl sites for hydroxylation is 1. The Balaban J connectivity index is 2.35. The lowest BCUT2D eigenvalue weighted by Gasteiger charge is -2.33. The van der Waals surface area contributed by atoms with Crippen molar-refractivity contribution in [3.8, 4) is 0 Å². The first-order valence-electron chi connectivity index (χ1n) is 7.04. The van der Waals surface area contributed by atoms with Crippen molar-refractivity contribution in [2.75, 3.05) is 19.6 Å². The van der Waals surface area contributed by atoms with E-state index in [1.165, 1.54) is 0 Å². The molecule has 2 amide bonds. The number of fused-ring (bicyclic) bond motifs is 1. The average molecular weight is 278 g/mol. The zero-order valence-electron chi connectivity index (χ0n) is 12.6. The molecule has 20 heavy (non-hydrogen) atoms. The molecular weight excluding hydrogens is 256 g/mol. The summed E-state index contributed by atoms with van der Waals surface area (Å²) < 4.78 is 1.72. The molecule has 0 saturated carbocycles. The Labute approximate surface area is 119 Å². The molecule has 0 N–H and O–H groups in total. The van der Waals surface area contributed by atoms with E-state index < -0.39 is 0 Å². The molecule has 0 saturated heterocycles. The molecule has 0 aromatic carbocycles. The summed E-state index contributed by atoms with van der Waals surface area (Å²) in [6.07, 6.45) is 1.90. The maximum atomic E-state index is 12.6. The van der Waals surface area contributed by atoms with Crippen molar-refractivity contribution >= 4 is 11.8 Å². The summed E-state index contributed by atoms with van der Waals surface area (Å²) in [4.78, 5) is 27.8. The lowest BCUT2D eigenvalue weighted by molar-refractivity contribution is -0.136. The Morgan fingerprint density at radius 2 is 2.05 bits per heavy atom. The van der Waals surface area contributed by atoms with Gasteiger partial charge in [0.2, 0.25) is 11.8 Å². The van der Waals surface area contributed by atoms with Crippen LogP contribution in [0.3, 0.4) is 0 Å². The number of nitrogens with zero attached hydrogens (tertiary/aromatic N) is 4. The van der Waals surface area contributed by atoms with E-state index in [2.05, 4.69) is 5.10 Å². The van der Waals surface area contributed by atoms with Gasteiger partial charge in [0.1, 0.15) is 5.92 Å². The van der Waals surface area contributed by atoms with Crippen LogP contribution in [0, 0.1) is 0 Å². The van der Waals surface area contributed by atoms with Gasteiger partial charge in [-0.05, 0) is 13.8 Å². The average Bonchev–Trinajstić information content (AvgIpc) is 2.78. The highest BCUT2D eigenvalue weighted by molar-refractivity contribution is 5.85. The van der Waals surface area contributed by atoms with Gasteiger partial charge in [0, 0.05) is 51.9 Å². The summed E-state index contributed by atoms with van der Waals surface area (Å²) in [5.74, 6) is -0.290. The first-order valence-corrected chi connectivity index (χ1v) is 7.04. The number of carbonyl (C=O) groups is 2. The zero-order valence-corrected chi connectivity index (χ0v) is 12.6. The quantitative estimate of drug-likeness (QED) is 0.819. The lowest BCUT2D eigenvalue weighted by Crippen LogP contribution is -2.44. The molecule has 0 spiro atoms. The maximum Gasteiger partial charge on any atom is 0.233 e. The van der Waals surface area contributed by atoms with E-state index in [1.807, 2.05) is 27.1 Å². The molecule has 6 nitrogen and oxygen atoms in total. The fraction of sp³-hybridized carbons (Fsp3) is 0.643. The van der Waals surface area contributed by atoms with Gasteiger partial charge in [-0.3, -0.25) is 14.3 Å². The Hall–Kier alpha value is -1.85. The summed E-state index contributed by atoms with van der Waals surface area (Å²) >= 11 is 0. The number of hydrogen-bond donors (Lipinski definition) is 0. The van der Waals surface area contributed by atoms with Gasteiger partial charge < -0.3 is 9.80 Å². The van der Waals surface area contributed by atoms with Crippen molar-refractivity contribution in [1.82, 2.24) is 19.6 Å². The van der Waals surface area contributed by atoms with Crippen LogP contribution < -0.4 is 0 Å². The number of hydrogen-bond acceptors (Lipinski definition) is 3. The molecule has 0 bridgehead atoms. The van der Waals surface area contributed by atoms with Gasteiger partial charge in [0.05, 0.1) is 5.69 Å². The van der Waals surface area contributed by atoms with Gasteiger partial charge in [-0.1, -0.05) is 0 Å². The van der Waals surface area contributed by atoms with Crippen molar-refractivity contribution in [3.05, 3.63) is 17.5 Å². The van der Waals surface area contributed by atoms with Gasteiger partial charge >= 0.3 is 0 Å². The third kappa shape index (κ3) is 2.55. The minimum atomic E-state index is -0.344. The van der Waals surface area contributed by atoms with Crippen LogP contribution in [0.4, 0.5) is 0 Å². The summed E-state index contributed by atoms with van der Waals surface area (Å²) in [5.41, 5.74) is 1.79. The number of rotatable bonds is 3. The van der Waals surface area contributed by atoms with Gasteiger partial charge in [-0.25, -0.2) is 0 Å². The van der Waals surface area contributed by atoms with E-state index in [1.54, 1.807) is 21.4 Å². The van der Waals surface area contributed by atoms with Crippen LogP contribution in [0.25, 0.3) is 0 Å². The van der Waals surface area contributed by atoms with Crippen molar-refractivity contribution in [1.29, 1.82) is 0 Å². The molecule has 1 atom stereocenters. The fourth-order valence-corrected chi connectivity index (χ4v) is 2.74. The number of aromatic nitrogens is 2. The lowest BCUT2D eigenvalue weighted by atomic mass is 9.95. The highest BCUT2D eigenvalue weighted by atomic mass is 16.2. The molecule has 1 aliphatic heterocycles. The SMILES string of the molecule is CCN(CC)C(=O)C1CN(C(C)=O)Cc2cn(C)nc21. The monoisotopic (exact) mass is 278 g/mol. The third-order valence-corrected chi connectivity index (χ3v) is 3.85. The molecule has 0 radical (unpaired) electrons. The van der Waals surface area contributed by atoms with E-state index in [0.29, 0.717) is 26.2 Å². The molecule has 2 rings (SSSR count). The normalized spacial score (nSPS) is 17.8. The fourth-order valence-electron chi connectivity index (χ4n) is 2.74. The van der Waals surface area contributed by atoms with Crippen LogP contribution in [0.15, 0.2) is 6.20 Å². The van der Waals surface area contributed by atoms with Crippen LogP contribution in [-0.2, 0) is 23.2 Å². The first kappa shape index (κ1) is 14.6. The Morgan fingerprint density at radius 3 is 2.60 bits per heavy atom. The molecular formula is C14H22N4O2.